The van der Waals surface area contributed by atoms with Gasteiger partial charge in [0.25, 0.3) is 12.0 Å². The van der Waals surface area contributed by atoms with Crippen molar-refractivity contribution in [3.05, 3.63) is 203 Å². The Labute approximate surface area is 299 Å². The van der Waals surface area contributed by atoms with Crippen LogP contribution in [0.3, 0.4) is 0 Å². The molecule has 2 unspecified atom stereocenters. The van der Waals surface area contributed by atoms with Gasteiger partial charge in [0.15, 0.2) is 0 Å². The highest BCUT2D eigenvalue weighted by atomic mass is 15.3. The maximum Gasteiger partial charge on any atom is 0.289 e. The van der Waals surface area contributed by atoms with Gasteiger partial charge in [-0.05, 0) is 97.8 Å². The first-order valence-electron chi connectivity index (χ1n) is 18.2. The molecule has 244 valence electrons. The maximum absolute atomic E-state index is 3.84. The zero-order valence-electron chi connectivity index (χ0n) is 29.0. The van der Waals surface area contributed by atoms with E-state index in [-0.39, 0.29) is 11.6 Å². The van der Waals surface area contributed by atoms with Crippen molar-refractivity contribution in [2.45, 2.75) is 37.8 Å². The molecule has 10 rings (SSSR count). The summed E-state index contributed by atoms with van der Waals surface area (Å²) >= 11 is 0. The van der Waals surface area contributed by atoms with Crippen LogP contribution >= 0.6 is 0 Å². The molecule has 3 aliphatic rings. The van der Waals surface area contributed by atoms with E-state index in [4.69, 9.17) is 0 Å². The molecule has 51 heavy (non-hydrogen) atoms. The Hall–Kier alpha value is -5.99. The molecule has 0 bridgehead atoms. The molecule has 0 saturated heterocycles. The first-order valence-corrected chi connectivity index (χ1v) is 18.2. The van der Waals surface area contributed by atoms with Crippen molar-refractivity contribution in [3.8, 4) is 11.1 Å². The van der Waals surface area contributed by atoms with Crippen LogP contribution in [0.4, 0.5) is 5.69 Å². The van der Waals surface area contributed by atoms with Gasteiger partial charge in [-0.3, -0.25) is 0 Å². The van der Waals surface area contributed by atoms with E-state index in [9.17, 15) is 0 Å². The summed E-state index contributed by atoms with van der Waals surface area (Å²) in [6, 6.07) is 57.8. The van der Waals surface area contributed by atoms with E-state index < -0.39 is 0 Å². The lowest BCUT2D eigenvalue weighted by Crippen LogP contribution is -2.51. The molecule has 0 fully saturated rings. The van der Waals surface area contributed by atoms with Crippen LogP contribution in [-0.2, 0) is 5.41 Å². The van der Waals surface area contributed by atoms with E-state index in [0.29, 0.717) is 5.92 Å². The highest BCUT2D eigenvalue weighted by molar-refractivity contribution is 6.07. The Bertz CT molecular complexity index is 2610. The summed E-state index contributed by atoms with van der Waals surface area (Å²) < 4.78 is 2.43. The number of hydrogen-bond donors (Lipinski definition) is 1. The molecule has 2 nitrogen and oxygen atoms in total. The summed E-state index contributed by atoms with van der Waals surface area (Å²) in [6.45, 7) is 4.88. The largest absolute Gasteiger partial charge is 0.289 e. The van der Waals surface area contributed by atoms with Crippen molar-refractivity contribution in [3.63, 3.8) is 0 Å². The van der Waals surface area contributed by atoms with Gasteiger partial charge < -0.3 is 0 Å². The van der Waals surface area contributed by atoms with Crippen LogP contribution in [0.15, 0.2) is 175 Å². The highest BCUT2D eigenvalue weighted by Crippen LogP contribution is 2.56. The summed E-state index contributed by atoms with van der Waals surface area (Å²) in [4.78, 5) is 0. The first kappa shape index (κ1) is 29.9. The highest BCUT2D eigenvalue weighted by Gasteiger charge is 2.43. The van der Waals surface area contributed by atoms with Gasteiger partial charge in [0.1, 0.15) is 5.69 Å². The molecular formula is C49H39N2+. The van der Waals surface area contributed by atoms with Gasteiger partial charge in [0.2, 0.25) is 0 Å². The number of amidine groups is 1. The Morgan fingerprint density at radius 1 is 0.588 bits per heavy atom. The van der Waals surface area contributed by atoms with Crippen LogP contribution in [0.25, 0.3) is 38.2 Å². The zero-order valence-corrected chi connectivity index (χ0v) is 29.0. The molecule has 7 aromatic carbocycles. The van der Waals surface area contributed by atoms with Crippen molar-refractivity contribution < 1.29 is 4.58 Å². The molecule has 7 aromatic rings. The van der Waals surface area contributed by atoms with Gasteiger partial charge in [-0.15, -0.1) is 0 Å². The number of nitrogens with one attached hydrogen (secondary N) is 1. The molecule has 1 N–H and O–H groups in total. The predicted octanol–water partition coefficient (Wildman–Crippen LogP) is 11.8. The van der Waals surface area contributed by atoms with Crippen LogP contribution in [0.2, 0.25) is 0 Å². The predicted molar refractivity (Wildman–Crippen MR) is 213 cm³/mol. The molecule has 0 aromatic heterocycles. The summed E-state index contributed by atoms with van der Waals surface area (Å²) in [6.07, 6.45) is 5.95. The molecule has 0 spiro atoms. The Balaban J connectivity index is 1.10. The number of benzene rings is 7. The van der Waals surface area contributed by atoms with Crippen molar-refractivity contribution in [2.75, 3.05) is 0 Å². The van der Waals surface area contributed by atoms with E-state index in [0.717, 1.165) is 12.3 Å². The van der Waals surface area contributed by atoms with E-state index in [1.807, 2.05) is 0 Å². The summed E-state index contributed by atoms with van der Waals surface area (Å²) in [7, 11) is 0. The van der Waals surface area contributed by atoms with Crippen molar-refractivity contribution >= 4 is 38.6 Å². The van der Waals surface area contributed by atoms with Gasteiger partial charge in [0.05, 0.1) is 5.56 Å². The zero-order chi connectivity index (χ0) is 34.1. The number of rotatable bonds is 5. The average Bonchev–Trinajstić information content (AvgIpc) is 3.39. The van der Waals surface area contributed by atoms with E-state index in [2.05, 4.69) is 194 Å². The Kier molecular flexibility index (Phi) is 6.76. The lowest BCUT2D eigenvalue weighted by Gasteiger charge is -2.30. The minimum absolute atomic E-state index is 0.0223. The molecule has 2 heteroatoms. The normalized spacial score (nSPS) is 18.8. The molecular weight excluding hydrogens is 617 g/mol. The number of nitrogens with zero attached hydrogens (tertiary/aromatic N) is 1. The molecule has 2 atom stereocenters. The third kappa shape index (κ3) is 4.74. The molecule has 0 amide bonds. The van der Waals surface area contributed by atoms with E-state index >= 15 is 0 Å². The molecule has 0 radical (unpaired) electrons. The second kappa shape index (κ2) is 11.5. The fraction of sp³-hybridized carbons (Fsp3) is 0.122. The van der Waals surface area contributed by atoms with Gasteiger partial charge >= 0.3 is 0 Å². The van der Waals surface area contributed by atoms with Crippen LogP contribution in [-0.4, -0.2) is 10.4 Å². The maximum atomic E-state index is 3.84. The Morgan fingerprint density at radius 2 is 1.29 bits per heavy atom. The van der Waals surface area contributed by atoms with Gasteiger partial charge in [-0.1, -0.05) is 153 Å². The van der Waals surface area contributed by atoms with Gasteiger partial charge in [-0.2, -0.15) is 4.58 Å². The fourth-order valence-corrected chi connectivity index (χ4v) is 8.90. The number of fused-ring (bicyclic) bond motifs is 4. The Morgan fingerprint density at radius 3 is 2.12 bits per heavy atom. The van der Waals surface area contributed by atoms with Crippen LogP contribution < -0.4 is 5.32 Å². The number of allylic oxidation sites excluding steroid dienone is 4. The minimum Gasteiger partial charge on any atom is -0.229 e. The monoisotopic (exact) mass is 655 g/mol. The molecule has 0 saturated carbocycles. The fourth-order valence-electron chi connectivity index (χ4n) is 8.90. The smallest absolute Gasteiger partial charge is 0.229 e. The van der Waals surface area contributed by atoms with Crippen molar-refractivity contribution in [2.24, 2.45) is 0 Å². The first-order chi connectivity index (χ1) is 25.0. The minimum atomic E-state index is -0.0832. The van der Waals surface area contributed by atoms with Crippen LogP contribution in [0, 0.1) is 0 Å². The van der Waals surface area contributed by atoms with Crippen LogP contribution in [0.1, 0.15) is 60.2 Å². The van der Waals surface area contributed by atoms with Crippen molar-refractivity contribution in [1.82, 2.24) is 5.32 Å². The SMILES string of the molecule is CC1(C)C2=C(C=CC(c3ccc4ccccc4c3)C2)c2c1cc1ccccc1c2-c1cccc(C2NC(c3ccccc3)=[N+]2c2ccccc2)c1. The lowest BCUT2D eigenvalue weighted by molar-refractivity contribution is -0.531. The van der Waals surface area contributed by atoms with E-state index in [1.54, 1.807) is 5.57 Å². The quantitative estimate of drug-likeness (QED) is 0.182. The number of hydrogen-bond acceptors (Lipinski definition) is 1. The molecule has 1 aliphatic heterocycles. The lowest BCUT2D eigenvalue weighted by atomic mass is 9.74. The standard InChI is InChI=1S/C49H38N2/c1-49(2)43-30-36(35-25-24-32-14-9-10-17-34(32)28-35)26-27-42(43)46-44(49)31-37-18-11-12-23-41(37)45(46)38-19-13-20-39(29-38)48-50-47(33-15-5-3-6-16-33)51(48)40-21-7-4-8-22-40/h3-29,31,36,48H,30H2,1-2H3/p+1. The number of para-hydroxylation sites is 1. The van der Waals surface area contributed by atoms with E-state index in [1.165, 1.54) is 71.7 Å². The molecule has 2 aliphatic carbocycles. The second-order valence-electron chi connectivity index (χ2n) is 14.8. The summed E-state index contributed by atoms with van der Waals surface area (Å²) in [5.41, 5.74) is 13.3. The summed E-state index contributed by atoms with van der Waals surface area (Å²) in [5, 5.41) is 9.05. The third-order valence-electron chi connectivity index (χ3n) is 11.5. The average molecular weight is 656 g/mol. The molecule has 1 heterocycles. The van der Waals surface area contributed by atoms with Gasteiger partial charge in [-0.25, -0.2) is 5.32 Å². The van der Waals surface area contributed by atoms with Crippen molar-refractivity contribution in [1.29, 1.82) is 0 Å². The second-order valence-corrected chi connectivity index (χ2v) is 14.8. The third-order valence-corrected chi connectivity index (χ3v) is 11.5. The van der Waals surface area contributed by atoms with Gasteiger partial charge in [0, 0.05) is 16.9 Å². The van der Waals surface area contributed by atoms with Crippen LogP contribution in [0.5, 0.6) is 0 Å². The summed E-state index contributed by atoms with van der Waals surface area (Å²) in [5.74, 6) is 1.49. The topological polar surface area (TPSA) is 15.0 Å².